The molecule has 0 saturated carbocycles. The van der Waals surface area contributed by atoms with Crippen LogP contribution in [-0.4, -0.2) is 13.4 Å². The van der Waals surface area contributed by atoms with Crippen LogP contribution in [0, 0.1) is 5.82 Å². The highest BCUT2D eigenvalue weighted by atomic mass is 32.2. The molecule has 0 spiro atoms. The number of rotatable bonds is 5. The maximum atomic E-state index is 13.0. The number of aromatic nitrogens is 1. The van der Waals surface area contributed by atoms with E-state index < -0.39 is 10.0 Å². The largest absolute Gasteiger partial charge is 0.339 e. The van der Waals surface area contributed by atoms with Gasteiger partial charge in [-0.15, -0.1) is 0 Å². The molecule has 0 bridgehead atoms. The first-order valence-electron chi connectivity index (χ1n) is 7.10. The van der Waals surface area contributed by atoms with Gasteiger partial charge in [-0.25, -0.2) is 17.8 Å². The SMILES string of the molecule is O=S(=O)(Nc1ccccc1)c1cccnc1Nc1ccc(F)cc1. The fraction of sp³-hybridized carbons (Fsp3) is 0. The second kappa shape index (κ2) is 6.67. The molecule has 5 nitrogen and oxygen atoms in total. The molecule has 24 heavy (non-hydrogen) atoms. The number of hydrogen-bond acceptors (Lipinski definition) is 4. The molecule has 0 atom stereocenters. The maximum absolute atomic E-state index is 13.0. The van der Waals surface area contributed by atoms with Crippen molar-refractivity contribution < 1.29 is 12.8 Å². The lowest BCUT2D eigenvalue weighted by molar-refractivity contribution is 0.601. The number of sulfonamides is 1. The number of hydrogen-bond donors (Lipinski definition) is 2. The molecule has 0 aliphatic carbocycles. The Kier molecular flexibility index (Phi) is 4.43. The number of anilines is 3. The minimum Gasteiger partial charge on any atom is -0.339 e. The van der Waals surface area contributed by atoms with Crippen LogP contribution in [0.5, 0.6) is 0 Å². The summed E-state index contributed by atoms with van der Waals surface area (Å²) in [6, 6.07) is 17.1. The Hall–Kier alpha value is -2.93. The van der Waals surface area contributed by atoms with Gasteiger partial charge in [-0.3, -0.25) is 4.72 Å². The van der Waals surface area contributed by atoms with Crippen molar-refractivity contribution in [2.75, 3.05) is 10.0 Å². The Labute approximate surface area is 139 Å². The standard InChI is InChI=1S/C17H14FN3O2S/c18-13-8-10-14(11-9-13)20-17-16(7-4-12-19-17)24(22,23)21-15-5-2-1-3-6-15/h1-12,21H,(H,19,20). The van der Waals surface area contributed by atoms with E-state index in [0.717, 1.165) is 0 Å². The van der Waals surface area contributed by atoms with Crippen LogP contribution in [0.3, 0.4) is 0 Å². The lowest BCUT2D eigenvalue weighted by Crippen LogP contribution is -2.15. The van der Waals surface area contributed by atoms with Gasteiger partial charge >= 0.3 is 0 Å². The fourth-order valence-corrected chi connectivity index (χ4v) is 3.26. The van der Waals surface area contributed by atoms with E-state index in [2.05, 4.69) is 15.0 Å². The number of pyridine rings is 1. The van der Waals surface area contributed by atoms with Crippen LogP contribution in [0.2, 0.25) is 0 Å². The number of nitrogens with one attached hydrogen (secondary N) is 2. The van der Waals surface area contributed by atoms with E-state index in [9.17, 15) is 12.8 Å². The van der Waals surface area contributed by atoms with Crippen LogP contribution in [0.1, 0.15) is 0 Å². The van der Waals surface area contributed by atoms with E-state index in [1.807, 2.05) is 0 Å². The van der Waals surface area contributed by atoms with Crippen LogP contribution >= 0.6 is 0 Å². The van der Waals surface area contributed by atoms with Crippen molar-refractivity contribution in [1.29, 1.82) is 0 Å². The van der Waals surface area contributed by atoms with Gasteiger partial charge in [-0.1, -0.05) is 18.2 Å². The quantitative estimate of drug-likeness (QED) is 0.740. The zero-order valence-corrected chi connectivity index (χ0v) is 13.3. The Bertz CT molecular complexity index is 930. The van der Waals surface area contributed by atoms with Crippen LogP contribution < -0.4 is 10.0 Å². The highest BCUT2D eigenvalue weighted by Crippen LogP contribution is 2.24. The number of benzene rings is 2. The van der Waals surface area contributed by atoms with Gasteiger partial charge in [-0.2, -0.15) is 0 Å². The molecule has 0 aliphatic heterocycles. The Morgan fingerprint density at radius 3 is 2.25 bits per heavy atom. The summed E-state index contributed by atoms with van der Waals surface area (Å²) >= 11 is 0. The molecule has 0 amide bonds. The smallest absolute Gasteiger partial charge is 0.265 e. The Morgan fingerprint density at radius 2 is 1.54 bits per heavy atom. The van der Waals surface area contributed by atoms with Crippen molar-refractivity contribution in [3.63, 3.8) is 0 Å². The summed E-state index contributed by atoms with van der Waals surface area (Å²) in [7, 11) is -3.82. The number of halogens is 1. The second-order valence-electron chi connectivity index (χ2n) is 4.95. The molecule has 0 fully saturated rings. The average molecular weight is 343 g/mol. The van der Waals surface area contributed by atoms with Crippen molar-refractivity contribution in [3.05, 3.63) is 78.7 Å². The van der Waals surface area contributed by atoms with E-state index >= 15 is 0 Å². The predicted octanol–water partition coefficient (Wildman–Crippen LogP) is 3.77. The second-order valence-corrected chi connectivity index (χ2v) is 6.60. The molecule has 2 aromatic carbocycles. The van der Waals surface area contributed by atoms with E-state index in [4.69, 9.17) is 0 Å². The third kappa shape index (κ3) is 3.69. The molecule has 1 heterocycles. The molecule has 2 N–H and O–H groups in total. The zero-order valence-electron chi connectivity index (χ0n) is 12.5. The minimum absolute atomic E-state index is 0.00169. The third-order valence-electron chi connectivity index (χ3n) is 3.19. The van der Waals surface area contributed by atoms with Gasteiger partial charge in [0, 0.05) is 17.6 Å². The van der Waals surface area contributed by atoms with E-state index in [1.54, 1.807) is 30.3 Å². The van der Waals surface area contributed by atoms with Crippen LogP contribution in [0.25, 0.3) is 0 Å². The third-order valence-corrected chi connectivity index (χ3v) is 4.61. The molecule has 1 aromatic heterocycles. The number of nitrogens with zero attached hydrogens (tertiary/aromatic N) is 1. The van der Waals surface area contributed by atoms with Crippen molar-refractivity contribution in [1.82, 2.24) is 4.98 Å². The zero-order chi connectivity index (χ0) is 17.0. The summed E-state index contributed by atoms with van der Waals surface area (Å²) in [6.45, 7) is 0. The van der Waals surface area contributed by atoms with Gasteiger partial charge in [0.15, 0.2) is 5.82 Å². The molecule has 3 aromatic rings. The van der Waals surface area contributed by atoms with Gasteiger partial charge in [0.1, 0.15) is 10.7 Å². The van der Waals surface area contributed by atoms with Crippen molar-refractivity contribution in [2.45, 2.75) is 4.90 Å². The summed E-state index contributed by atoms with van der Waals surface area (Å²) in [5, 5.41) is 2.89. The van der Waals surface area contributed by atoms with E-state index in [1.165, 1.54) is 42.6 Å². The van der Waals surface area contributed by atoms with Crippen molar-refractivity contribution in [3.8, 4) is 0 Å². The lowest BCUT2D eigenvalue weighted by atomic mass is 10.3. The first-order valence-corrected chi connectivity index (χ1v) is 8.58. The average Bonchev–Trinajstić information content (AvgIpc) is 2.58. The van der Waals surface area contributed by atoms with Crippen molar-refractivity contribution in [2.24, 2.45) is 0 Å². The molecular formula is C17H14FN3O2S. The monoisotopic (exact) mass is 343 g/mol. The molecule has 0 saturated heterocycles. The van der Waals surface area contributed by atoms with Gasteiger partial charge in [0.05, 0.1) is 0 Å². The normalized spacial score (nSPS) is 11.0. The molecule has 0 unspecified atom stereocenters. The van der Waals surface area contributed by atoms with Crippen LogP contribution in [-0.2, 0) is 10.0 Å². The Morgan fingerprint density at radius 1 is 0.833 bits per heavy atom. The van der Waals surface area contributed by atoms with Crippen molar-refractivity contribution >= 4 is 27.2 Å². The summed E-state index contributed by atoms with van der Waals surface area (Å²) in [4.78, 5) is 4.08. The molecule has 0 radical (unpaired) electrons. The van der Waals surface area contributed by atoms with Gasteiger partial charge < -0.3 is 5.32 Å². The molecule has 7 heteroatoms. The number of para-hydroxylation sites is 1. The predicted molar refractivity (Wildman–Crippen MR) is 91.2 cm³/mol. The van der Waals surface area contributed by atoms with Crippen LogP contribution in [0.15, 0.2) is 77.8 Å². The minimum atomic E-state index is -3.82. The first kappa shape index (κ1) is 15.9. The Balaban J connectivity index is 1.92. The maximum Gasteiger partial charge on any atom is 0.265 e. The summed E-state index contributed by atoms with van der Waals surface area (Å²) in [5.41, 5.74) is 0.986. The molecule has 0 aliphatic rings. The molecule has 3 rings (SSSR count). The summed E-state index contributed by atoms with van der Waals surface area (Å²) < 4.78 is 40.7. The van der Waals surface area contributed by atoms with E-state index in [0.29, 0.717) is 11.4 Å². The summed E-state index contributed by atoms with van der Waals surface area (Å²) in [5.74, 6) is -0.215. The van der Waals surface area contributed by atoms with E-state index in [-0.39, 0.29) is 16.5 Å². The van der Waals surface area contributed by atoms with Gasteiger partial charge in [-0.05, 0) is 48.5 Å². The first-order chi connectivity index (χ1) is 11.5. The lowest BCUT2D eigenvalue weighted by Gasteiger charge is -2.13. The summed E-state index contributed by atoms with van der Waals surface area (Å²) in [6.07, 6.45) is 1.48. The van der Waals surface area contributed by atoms with Gasteiger partial charge in [0.2, 0.25) is 0 Å². The molecular weight excluding hydrogens is 329 g/mol. The highest BCUT2D eigenvalue weighted by molar-refractivity contribution is 7.92. The van der Waals surface area contributed by atoms with Crippen LogP contribution in [0.4, 0.5) is 21.6 Å². The fourth-order valence-electron chi connectivity index (χ4n) is 2.09. The topological polar surface area (TPSA) is 71.1 Å². The molecule has 122 valence electrons. The van der Waals surface area contributed by atoms with Gasteiger partial charge in [0.25, 0.3) is 10.0 Å². The highest BCUT2D eigenvalue weighted by Gasteiger charge is 2.19.